The van der Waals surface area contributed by atoms with Crippen LogP contribution in [-0.4, -0.2) is 28.3 Å². The molecular weight excluding hydrogens is 314 g/mol. The lowest BCUT2D eigenvalue weighted by atomic mass is 9.75. The topological polar surface area (TPSA) is 78.1 Å². The molecule has 2 aromatic heterocycles. The molecule has 2 saturated carbocycles. The Hall–Kier alpha value is -1.76. The Labute approximate surface area is 138 Å². The number of rotatable bonds is 5. The first-order valence-corrected chi connectivity index (χ1v) is 8.97. The second-order valence-corrected chi connectivity index (χ2v) is 7.34. The molecule has 4 rings (SSSR count). The lowest BCUT2D eigenvalue weighted by Crippen LogP contribution is -2.30. The van der Waals surface area contributed by atoms with Crippen LogP contribution in [0, 0.1) is 11.8 Å². The molecular formula is C16H19N3O3S. The first-order valence-electron chi connectivity index (χ1n) is 8.09. The number of esters is 1. The van der Waals surface area contributed by atoms with Gasteiger partial charge in [-0.25, -0.2) is 4.98 Å². The van der Waals surface area contributed by atoms with E-state index in [2.05, 4.69) is 20.6 Å². The summed E-state index contributed by atoms with van der Waals surface area (Å²) in [5, 5.41) is 11.1. The van der Waals surface area contributed by atoms with Gasteiger partial charge in [0.05, 0.1) is 18.7 Å². The van der Waals surface area contributed by atoms with Crippen molar-refractivity contribution in [1.82, 2.24) is 15.2 Å². The first-order chi connectivity index (χ1) is 11.2. The first kappa shape index (κ1) is 14.8. The number of methoxy groups -OCH3 is 1. The smallest absolute Gasteiger partial charge is 0.308 e. The number of hydrogen-bond donors (Lipinski definition) is 0. The molecule has 23 heavy (non-hydrogen) atoms. The van der Waals surface area contributed by atoms with Gasteiger partial charge >= 0.3 is 5.97 Å². The van der Waals surface area contributed by atoms with Crippen molar-refractivity contribution in [3.63, 3.8) is 0 Å². The molecule has 0 aromatic carbocycles. The molecule has 0 aliphatic heterocycles. The number of aromatic nitrogens is 3. The van der Waals surface area contributed by atoms with Crippen LogP contribution < -0.4 is 0 Å². The summed E-state index contributed by atoms with van der Waals surface area (Å²) in [7, 11) is 1.42. The van der Waals surface area contributed by atoms with Crippen LogP contribution in [0.3, 0.4) is 0 Å². The summed E-state index contributed by atoms with van der Waals surface area (Å²) >= 11 is 1.56. The largest absolute Gasteiger partial charge is 0.469 e. The second-order valence-electron chi connectivity index (χ2n) is 6.48. The number of hydrogen-bond acceptors (Lipinski definition) is 7. The van der Waals surface area contributed by atoms with E-state index in [9.17, 15) is 4.79 Å². The van der Waals surface area contributed by atoms with Crippen LogP contribution in [0.2, 0.25) is 0 Å². The van der Waals surface area contributed by atoms with Crippen molar-refractivity contribution in [2.45, 2.75) is 44.4 Å². The molecule has 0 radical (unpaired) electrons. The molecule has 7 heteroatoms. The Balaban J connectivity index is 1.39. The SMILES string of the molecule is COC(=O)[C@H]1C[C@H](c2nnc(-c3nc(CC4CCC4)cs3)o2)C1. The Morgan fingerprint density at radius 1 is 1.39 bits per heavy atom. The molecule has 0 amide bonds. The number of carbonyl (C=O) groups is 1. The third-order valence-corrected chi connectivity index (χ3v) is 5.80. The highest BCUT2D eigenvalue weighted by Crippen LogP contribution is 2.42. The highest BCUT2D eigenvalue weighted by molar-refractivity contribution is 7.13. The quantitative estimate of drug-likeness (QED) is 0.782. The van der Waals surface area contributed by atoms with Gasteiger partial charge in [0, 0.05) is 11.3 Å². The van der Waals surface area contributed by atoms with E-state index in [4.69, 9.17) is 9.15 Å². The summed E-state index contributed by atoms with van der Waals surface area (Å²) in [6.07, 6.45) is 6.49. The molecule has 2 heterocycles. The molecule has 0 atom stereocenters. The highest BCUT2D eigenvalue weighted by atomic mass is 32.1. The molecule has 0 spiro atoms. The van der Waals surface area contributed by atoms with Crippen LogP contribution in [0.25, 0.3) is 10.9 Å². The molecule has 0 unspecified atom stereocenters. The summed E-state index contributed by atoms with van der Waals surface area (Å²) in [5.41, 5.74) is 1.13. The average molecular weight is 333 g/mol. The van der Waals surface area contributed by atoms with E-state index in [1.165, 1.54) is 26.4 Å². The molecule has 0 N–H and O–H groups in total. The monoisotopic (exact) mass is 333 g/mol. The summed E-state index contributed by atoms with van der Waals surface area (Å²) < 4.78 is 10.5. The van der Waals surface area contributed by atoms with Gasteiger partial charge in [0.1, 0.15) is 0 Å². The van der Waals surface area contributed by atoms with Crippen LogP contribution in [0.4, 0.5) is 0 Å². The maximum absolute atomic E-state index is 11.4. The lowest BCUT2D eigenvalue weighted by Gasteiger charge is -2.30. The van der Waals surface area contributed by atoms with Crippen molar-refractivity contribution >= 4 is 17.3 Å². The fourth-order valence-corrected chi connectivity index (χ4v) is 3.91. The highest BCUT2D eigenvalue weighted by Gasteiger charge is 2.39. The zero-order valence-electron chi connectivity index (χ0n) is 13.0. The van der Waals surface area contributed by atoms with Crippen LogP contribution in [0.5, 0.6) is 0 Å². The third-order valence-electron chi connectivity index (χ3n) is 4.92. The van der Waals surface area contributed by atoms with E-state index in [-0.39, 0.29) is 17.8 Å². The maximum atomic E-state index is 11.4. The average Bonchev–Trinajstić information content (AvgIpc) is 3.10. The van der Waals surface area contributed by atoms with Gasteiger partial charge in [0.2, 0.25) is 5.89 Å². The molecule has 6 nitrogen and oxygen atoms in total. The summed E-state index contributed by atoms with van der Waals surface area (Å²) in [6.45, 7) is 0. The summed E-state index contributed by atoms with van der Waals surface area (Å²) in [5.74, 6) is 1.88. The molecule has 2 aliphatic carbocycles. The minimum absolute atomic E-state index is 0.0331. The Morgan fingerprint density at radius 3 is 2.91 bits per heavy atom. The van der Waals surface area contributed by atoms with Crippen LogP contribution >= 0.6 is 11.3 Å². The van der Waals surface area contributed by atoms with E-state index in [0.717, 1.165) is 35.9 Å². The Morgan fingerprint density at radius 2 is 2.22 bits per heavy atom. The van der Waals surface area contributed by atoms with Gasteiger partial charge in [0.25, 0.3) is 5.89 Å². The fourth-order valence-electron chi connectivity index (χ4n) is 3.16. The second kappa shape index (κ2) is 6.03. The lowest BCUT2D eigenvalue weighted by molar-refractivity contribution is -0.149. The standard InChI is InChI=1S/C16H19N3O3S/c1-21-16(20)11-6-10(7-11)13-18-19-14(22-13)15-17-12(8-23-15)5-9-3-2-4-9/h8-11H,2-7H2,1H3/t10-,11-. The van der Waals surface area contributed by atoms with Crippen molar-refractivity contribution in [1.29, 1.82) is 0 Å². The van der Waals surface area contributed by atoms with Crippen molar-refractivity contribution in [2.75, 3.05) is 7.11 Å². The molecule has 122 valence electrons. The van der Waals surface area contributed by atoms with Crippen molar-refractivity contribution < 1.29 is 13.9 Å². The maximum Gasteiger partial charge on any atom is 0.308 e. The molecule has 2 aromatic rings. The number of carbonyl (C=O) groups excluding carboxylic acids is 1. The van der Waals surface area contributed by atoms with Crippen molar-refractivity contribution in [3.05, 3.63) is 17.0 Å². The Bertz CT molecular complexity index is 701. The van der Waals surface area contributed by atoms with Gasteiger partial charge < -0.3 is 9.15 Å². The van der Waals surface area contributed by atoms with E-state index < -0.39 is 0 Å². The third kappa shape index (κ3) is 2.89. The van der Waals surface area contributed by atoms with Crippen molar-refractivity contribution in [2.24, 2.45) is 11.8 Å². The zero-order chi connectivity index (χ0) is 15.8. The number of thiazole rings is 1. The fraction of sp³-hybridized carbons (Fsp3) is 0.625. The van der Waals surface area contributed by atoms with E-state index in [1.54, 1.807) is 11.3 Å². The number of nitrogens with zero attached hydrogens (tertiary/aromatic N) is 3. The molecule has 0 bridgehead atoms. The van der Waals surface area contributed by atoms with Crippen LogP contribution in [-0.2, 0) is 16.0 Å². The predicted octanol–water partition coefficient (Wildman–Crippen LogP) is 3.20. The minimum atomic E-state index is -0.151. The molecule has 2 aliphatic rings. The molecule has 2 fully saturated rings. The van der Waals surface area contributed by atoms with Crippen LogP contribution in [0.1, 0.15) is 49.6 Å². The van der Waals surface area contributed by atoms with Gasteiger partial charge in [0.15, 0.2) is 5.01 Å². The van der Waals surface area contributed by atoms with Gasteiger partial charge in [-0.05, 0) is 25.2 Å². The molecule has 0 saturated heterocycles. The number of ether oxygens (including phenoxy) is 1. The zero-order valence-corrected chi connectivity index (χ0v) is 13.8. The van der Waals surface area contributed by atoms with Gasteiger partial charge in [-0.15, -0.1) is 21.5 Å². The normalized spacial score (nSPS) is 24.0. The van der Waals surface area contributed by atoms with Gasteiger partial charge in [-0.3, -0.25) is 4.79 Å². The predicted molar refractivity (Wildman–Crippen MR) is 83.9 cm³/mol. The van der Waals surface area contributed by atoms with E-state index in [0.29, 0.717) is 11.8 Å². The van der Waals surface area contributed by atoms with Crippen molar-refractivity contribution in [3.8, 4) is 10.9 Å². The Kier molecular flexibility index (Phi) is 3.88. The summed E-state index contributed by atoms with van der Waals surface area (Å²) in [4.78, 5) is 16.0. The van der Waals surface area contributed by atoms with E-state index in [1.807, 2.05) is 0 Å². The minimum Gasteiger partial charge on any atom is -0.469 e. The summed E-state index contributed by atoms with van der Waals surface area (Å²) in [6, 6.07) is 0. The van der Waals surface area contributed by atoms with E-state index >= 15 is 0 Å². The van der Waals surface area contributed by atoms with Gasteiger partial charge in [-0.2, -0.15) is 0 Å². The van der Waals surface area contributed by atoms with Crippen LogP contribution in [0.15, 0.2) is 9.80 Å². The van der Waals surface area contributed by atoms with Gasteiger partial charge in [-0.1, -0.05) is 19.3 Å².